The number of carbonyl (C=O) groups excluding carboxylic acids is 2. The summed E-state index contributed by atoms with van der Waals surface area (Å²) in [4.78, 5) is 22.0. The summed E-state index contributed by atoms with van der Waals surface area (Å²) in [6.07, 6.45) is 2.65. The van der Waals surface area contributed by atoms with Crippen molar-refractivity contribution in [1.82, 2.24) is 5.32 Å². The average Bonchev–Trinajstić information content (AvgIpc) is 2.29. The van der Waals surface area contributed by atoms with E-state index in [2.05, 4.69) is 18.8 Å². The molecule has 0 saturated carbocycles. The minimum absolute atomic E-state index is 0.0497. The predicted octanol–water partition coefficient (Wildman–Crippen LogP) is 2.02. The number of unbranched alkanes of at least 4 members (excludes halogenated alkanes) is 2. The largest absolute Gasteiger partial charge is 0.459 e. The molecule has 0 saturated heterocycles. The van der Waals surface area contributed by atoms with Crippen LogP contribution in [0.5, 0.6) is 0 Å². The molecule has 0 aromatic carbocycles. The summed E-state index contributed by atoms with van der Waals surface area (Å²) in [7, 11) is 0. The summed E-state index contributed by atoms with van der Waals surface area (Å²) >= 11 is 0. The first-order valence-electron chi connectivity index (χ1n) is 5.81. The van der Waals surface area contributed by atoms with Gasteiger partial charge in [-0.25, -0.2) is 9.59 Å². The molecule has 0 aliphatic rings. The summed E-state index contributed by atoms with van der Waals surface area (Å²) in [5.41, 5.74) is 0.328. The van der Waals surface area contributed by atoms with E-state index < -0.39 is 12.1 Å². The molecule has 0 atom stereocenters. The third-order valence-corrected chi connectivity index (χ3v) is 1.95. The quantitative estimate of drug-likeness (QED) is 0.402. The van der Waals surface area contributed by atoms with Gasteiger partial charge < -0.3 is 14.8 Å². The first-order chi connectivity index (χ1) is 8.07. The molecular weight excluding hydrogens is 222 g/mol. The fraction of sp³-hybridized carbons (Fsp3) is 0.667. The van der Waals surface area contributed by atoms with Crippen molar-refractivity contribution in [3.05, 3.63) is 12.2 Å². The van der Waals surface area contributed by atoms with Gasteiger partial charge in [-0.2, -0.15) is 0 Å². The van der Waals surface area contributed by atoms with Gasteiger partial charge in [0.15, 0.2) is 0 Å². The molecule has 5 heteroatoms. The van der Waals surface area contributed by atoms with Gasteiger partial charge in [0, 0.05) is 12.1 Å². The molecular formula is C12H21NO4. The monoisotopic (exact) mass is 243 g/mol. The van der Waals surface area contributed by atoms with E-state index >= 15 is 0 Å². The Balaban J connectivity index is 3.39. The van der Waals surface area contributed by atoms with E-state index in [9.17, 15) is 9.59 Å². The Kier molecular flexibility index (Phi) is 8.82. The van der Waals surface area contributed by atoms with Crippen molar-refractivity contribution in [2.45, 2.75) is 33.1 Å². The number of alkyl carbamates (subject to hydrolysis) is 1. The lowest BCUT2D eigenvalue weighted by molar-refractivity contribution is -0.139. The van der Waals surface area contributed by atoms with Crippen molar-refractivity contribution in [2.75, 3.05) is 19.8 Å². The first-order valence-corrected chi connectivity index (χ1v) is 5.81. The molecule has 17 heavy (non-hydrogen) atoms. The van der Waals surface area contributed by atoms with Crippen molar-refractivity contribution in [1.29, 1.82) is 0 Å². The van der Waals surface area contributed by atoms with E-state index in [0.29, 0.717) is 12.1 Å². The van der Waals surface area contributed by atoms with Gasteiger partial charge in [0.05, 0.1) is 0 Å². The second-order valence-electron chi connectivity index (χ2n) is 3.69. The van der Waals surface area contributed by atoms with Crippen LogP contribution in [0.4, 0.5) is 4.79 Å². The van der Waals surface area contributed by atoms with Gasteiger partial charge in [-0.3, -0.25) is 0 Å². The standard InChI is InChI=1S/C12H21NO4/c1-4-5-6-7-13-12(15)17-9-8-16-11(14)10(2)3/h2,4-9H2,1,3H3,(H,13,15). The Bertz CT molecular complexity index is 263. The van der Waals surface area contributed by atoms with Crippen molar-refractivity contribution < 1.29 is 19.1 Å². The number of amides is 1. The van der Waals surface area contributed by atoms with Crippen molar-refractivity contribution in [2.24, 2.45) is 0 Å². The van der Waals surface area contributed by atoms with Crippen LogP contribution in [-0.4, -0.2) is 31.8 Å². The van der Waals surface area contributed by atoms with Crippen LogP contribution < -0.4 is 5.32 Å². The molecule has 0 heterocycles. The maximum absolute atomic E-state index is 11.1. The summed E-state index contributed by atoms with van der Waals surface area (Å²) in [6.45, 7) is 7.80. The number of carbonyl (C=O) groups is 2. The number of hydrogen-bond donors (Lipinski definition) is 1. The van der Waals surface area contributed by atoms with Crippen LogP contribution in [0.2, 0.25) is 0 Å². The Hall–Kier alpha value is -1.52. The second-order valence-corrected chi connectivity index (χ2v) is 3.69. The van der Waals surface area contributed by atoms with Crippen LogP contribution in [-0.2, 0) is 14.3 Å². The molecule has 0 fully saturated rings. The lowest BCUT2D eigenvalue weighted by Crippen LogP contribution is -2.26. The number of nitrogens with one attached hydrogen (secondary N) is 1. The lowest BCUT2D eigenvalue weighted by atomic mass is 10.2. The highest BCUT2D eigenvalue weighted by molar-refractivity contribution is 5.86. The average molecular weight is 243 g/mol. The maximum atomic E-state index is 11.1. The van der Waals surface area contributed by atoms with Gasteiger partial charge in [-0.15, -0.1) is 0 Å². The Morgan fingerprint density at radius 3 is 2.41 bits per heavy atom. The van der Waals surface area contributed by atoms with Crippen LogP contribution in [0, 0.1) is 0 Å². The maximum Gasteiger partial charge on any atom is 0.407 e. The van der Waals surface area contributed by atoms with Gasteiger partial charge in [-0.1, -0.05) is 26.3 Å². The molecule has 0 unspecified atom stereocenters. The van der Waals surface area contributed by atoms with Crippen LogP contribution >= 0.6 is 0 Å². The van der Waals surface area contributed by atoms with E-state index in [1.54, 1.807) is 6.92 Å². The Morgan fingerprint density at radius 2 is 1.82 bits per heavy atom. The van der Waals surface area contributed by atoms with Gasteiger partial charge in [-0.05, 0) is 13.3 Å². The third kappa shape index (κ3) is 9.41. The van der Waals surface area contributed by atoms with Gasteiger partial charge in [0.25, 0.3) is 0 Å². The van der Waals surface area contributed by atoms with E-state index in [4.69, 9.17) is 9.47 Å². The lowest BCUT2D eigenvalue weighted by Gasteiger charge is -2.07. The number of rotatable bonds is 8. The van der Waals surface area contributed by atoms with Gasteiger partial charge in [0.2, 0.25) is 0 Å². The smallest absolute Gasteiger partial charge is 0.407 e. The van der Waals surface area contributed by atoms with Crippen molar-refractivity contribution >= 4 is 12.1 Å². The van der Waals surface area contributed by atoms with Crippen LogP contribution in [0.25, 0.3) is 0 Å². The van der Waals surface area contributed by atoms with Crippen LogP contribution in [0.3, 0.4) is 0 Å². The molecule has 0 aromatic heterocycles. The van der Waals surface area contributed by atoms with Gasteiger partial charge in [0.1, 0.15) is 13.2 Å². The normalized spacial score (nSPS) is 9.53. The molecule has 98 valence electrons. The molecule has 0 radical (unpaired) electrons. The Morgan fingerprint density at radius 1 is 1.18 bits per heavy atom. The fourth-order valence-electron chi connectivity index (χ4n) is 1.01. The minimum Gasteiger partial charge on any atom is -0.459 e. The summed E-state index contributed by atoms with van der Waals surface area (Å²) < 4.78 is 9.55. The molecule has 0 rings (SSSR count). The van der Waals surface area contributed by atoms with E-state index in [-0.39, 0.29) is 13.2 Å². The molecule has 1 N–H and O–H groups in total. The SMILES string of the molecule is C=C(C)C(=O)OCCOC(=O)NCCCCC. The second kappa shape index (κ2) is 9.69. The Labute approximate surface area is 102 Å². The summed E-state index contributed by atoms with van der Waals surface area (Å²) in [5, 5.41) is 2.61. The number of esters is 1. The van der Waals surface area contributed by atoms with E-state index in [1.165, 1.54) is 0 Å². The molecule has 0 aliphatic carbocycles. The molecule has 0 bridgehead atoms. The zero-order valence-corrected chi connectivity index (χ0v) is 10.6. The molecule has 0 aliphatic heterocycles. The topological polar surface area (TPSA) is 64.6 Å². The van der Waals surface area contributed by atoms with Crippen molar-refractivity contribution in [3.8, 4) is 0 Å². The molecule has 0 spiro atoms. The molecule has 5 nitrogen and oxygen atoms in total. The zero-order chi connectivity index (χ0) is 13.1. The van der Waals surface area contributed by atoms with Crippen LogP contribution in [0.15, 0.2) is 12.2 Å². The first kappa shape index (κ1) is 15.5. The summed E-state index contributed by atoms with van der Waals surface area (Å²) in [6, 6.07) is 0. The fourth-order valence-corrected chi connectivity index (χ4v) is 1.01. The highest BCUT2D eigenvalue weighted by Crippen LogP contribution is 1.93. The number of hydrogen-bond acceptors (Lipinski definition) is 4. The van der Waals surface area contributed by atoms with Crippen molar-refractivity contribution in [3.63, 3.8) is 0 Å². The molecule has 0 aromatic rings. The minimum atomic E-state index is -0.479. The number of ether oxygens (including phenoxy) is 2. The zero-order valence-electron chi connectivity index (χ0n) is 10.6. The van der Waals surface area contributed by atoms with E-state index in [0.717, 1.165) is 19.3 Å². The van der Waals surface area contributed by atoms with Gasteiger partial charge >= 0.3 is 12.1 Å². The highest BCUT2D eigenvalue weighted by atomic mass is 16.6. The van der Waals surface area contributed by atoms with E-state index in [1.807, 2.05) is 0 Å². The third-order valence-electron chi connectivity index (χ3n) is 1.95. The van der Waals surface area contributed by atoms with Crippen LogP contribution in [0.1, 0.15) is 33.1 Å². The highest BCUT2D eigenvalue weighted by Gasteiger charge is 2.04. The predicted molar refractivity (Wildman–Crippen MR) is 64.6 cm³/mol. The molecule has 1 amide bonds. The summed E-state index contributed by atoms with van der Waals surface area (Å²) in [5.74, 6) is -0.475.